The molecule has 164 valence electrons. The van der Waals surface area contributed by atoms with E-state index in [1.807, 2.05) is 19.9 Å². The van der Waals surface area contributed by atoms with E-state index in [1.54, 1.807) is 31.4 Å². The van der Waals surface area contributed by atoms with E-state index in [1.165, 1.54) is 16.7 Å². The Balaban J connectivity index is 2.07. The van der Waals surface area contributed by atoms with Gasteiger partial charge < -0.3 is 9.30 Å². The molecule has 0 bridgehead atoms. The molecule has 2 aromatic heterocycles. The molecule has 0 saturated carbocycles. The maximum atomic E-state index is 12.4. The van der Waals surface area contributed by atoms with E-state index in [0.717, 1.165) is 12.0 Å². The Morgan fingerprint density at radius 2 is 1.97 bits per heavy atom. The van der Waals surface area contributed by atoms with E-state index in [2.05, 4.69) is 14.7 Å². The topological polar surface area (TPSA) is 103 Å². The van der Waals surface area contributed by atoms with Gasteiger partial charge in [-0.15, -0.1) is 0 Å². The maximum absolute atomic E-state index is 12.4. The Bertz CT molecular complexity index is 1240. The number of hydrogen-bond donors (Lipinski definition) is 1. The summed E-state index contributed by atoms with van der Waals surface area (Å²) in [5, 5.41) is 0.396. The number of nitrogens with zero attached hydrogens (tertiary/aromatic N) is 3. The van der Waals surface area contributed by atoms with Crippen molar-refractivity contribution in [2.24, 2.45) is 7.05 Å². The summed E-state index contributed by atoms with van der Waals surface area (Å²) in [6.45, 7) is 3.75. The van der Waals surface area contributed by atoms with Gasteiger partial charge in [0.05, 0.1) is 10.8 Å². The number of aryl methyl sites for hydroxylation is 2. The van der Waals surface area contributed by atoms with Gasteiger partial charge in [-0.2, -0.15) is 4.98 Å². The molecule has 10 heteroatoms. The minimum atomic E-state index is -3.59. The SMILES string of the molecule is CCCCS(=O)(=O)Nc1cc(Oc2c(C)cccc2Cl)nc(-c2ccc(=O)n(C)c2)n1. The third kappa shape index (κ3) is 5.83. The fourth-order valence-corrected chi connectivity index (χ4v) is 4.23. The number of hydrogen-bond acceptors (Lipinski definition) is 6. The first-order chi connectivity index (χ1) is 14.7. The third-order valence-electron chi connectivity index (χ3n) is 4.44. The van der Waals surface area contributed by atoms with Crippen molar-refractivity contribution in [3.8, 4) is 23.0 Å². The van der Waals surface area contributed by atoms with Crippen LogP contribution in [-0.2, 0) is 17.1 Å². The lowest BCUT2D eigenvalue weighted by Crippen LogP contribution is -2.18. The van der Waals surface area contributed by atoms with Crippen molar-refractivity contribution < 1.29 is 13.2 Å². The molecular weight excluding hydrogens is 440 g/mol. The molecule has 0 aliphatic rings. The van der Waals surface area contributed by atoms with Gasteiger partial charge in [0.1, 0.15) is 5.82 Å². The average molecular weight is 463 g/mol. The number of benzene rings is 1. The van der Waals surface area contributed by atoms with Crippen LogP contribution in [0.1, 0.15) is 25.3 Å². The van der Waals surface area contributed by atoms with Crippen LogP contribution in [0.2, 0.25) is 5.02 Å². The van der Waals surface area contributed by atoms with Gasteiger partial charge in [-0.25, -0.2) is 13.4 Å². The van der Waals surface area contributed by atoms with Crippen LogP contribution in [0.3, 0.4) is 0 Å². The molecule has 0 fully saturated rings. The summed E-state index contributed by atoms with van der Waals surface area (Å²) in [5.41, 5.74) is 1.13. The van der Waals surface area contributed by atoms with Gasteiger partial charge in [0.15, 0.2) is 11.6 Å². The molecule has 2 heterocycles. The van der Waals surface area contributed by atoms with E-state index in [-0.39, 0.29) is 28.8 Å². The first-order valence-electron chi connectivity index (χ1n) is 9.68. The zero-order valence-corrected chi connectivity index (χ0v) is 19.0. The number of nitrogens with one attached hydrogen (secondary N) is 1. The lowest BCUT2D eigenvalue weighted by molar-refractivity contribution is 0.459. The number of halogens is 1. The molecule has 0 amide bonds. The van der Waals surface area contributed by atoms with Crippen LogP contribution in [-0.4, -0.2) is 28.7 Å². The van der Waals surface area contributed by atoms with Crippen molar-refractivity contribution >= 4 is 27.4 Å². The highest BCUT2D eigenvalue weighted by Crippen LogP contribution is 2.33. The molecule has 0 atom stereocenters. The summed E-state index contributed by atoms with van der Waals surface area (Å²) in [5.74, 6) is 0.764. The quantitative estimate of drug-likeness (QED) is 0.539. The van der Waals surface area contributed by atoms with E-state index >= 15 is 0 Å². The molecule has 1 aromatic carbocycles. The van der Waals surface area contributed by atoms with Crippen LogP contribution in [0.25, 0.3) is 11.4 Å². The fourth-order valence-electron chi connectivity index (χ4n) is 2.78. The summed E-state index contributed by atoms with van der Waals surface area (Å²) in [7, 11) is -1.99. The van der Waals surface area contributed by atoms with Crippen molar-refractivity contribution in [1.82, 2.24) is 14.5 Å². The van der Waals surface area contributed by atoms with Crippen molar-refractivity contribution in [2.75, 3.05) is 10.5 Å². The van der Waals surface area contributed by atoms with Crippen molar-refractivity contribution in [1.29, 1.82) is 0 Å². The smallest absolute Gasteiger partial charge is 0.250 e. The van der Waals surface area contributed by atoms with E-state index in [9.17, 15) is 13.2 Å². The van der Waals surface area contributed by atoms with Crippen molar-refractivity contribution in [3.05, 3.63) is 63.5 Å². The summed E-state index contributed by atoms with van der Waals surface area (Å²) < 4.78 is 34.6. The van der Waals surface area contributed by atoms with E-state index < -0.39 is 10.0 Å². The summed E-state index contributed by atoms with van der Waals surface area (Å²) >= 11 is 6.26. The highest BCUT2D eigenvalue weighted by molar-refractivity contribution is 7.92. The Hall–Kier alpha value is -2.91. The van der Waals surface area contributed by atoms with Gasteiger partial charge >= 0.3 is 0 Å². The molecule has 0 aliphatic carbocycles. The highest BCUT2D eigenvalue weighted by atomic mass is 35.5. The minimum Gasteiger partial charge on any atom is -0.437 e. The Labute approximate surface area is 185 Å². The largest absolute Gasteiger partial charge is 0.437 e. The Morgan fingerprint density at radius 1 is 1.19 bits per heavy atom. The predicted octanol–water partition coefficient (Wildman–Crippen LogP) is 4.14. The lowest BCUT2D eigenvalue weighted by atomic mass is 10.2. The second-order valence-corrected chi connectivity index (χ2v) is 9.29. The molecule has 3 rings (SSSR count). The number of anilines is 1. The van der Waals surface area contributed by atoms with E-state index in [4.69, 9.17) is 16.3 Å². The molecule has 0 unspecified atom stereocenters. The molecule has 3 aromatic rings. The number of ether oxygens (including phenoxy) is 1. The van der Waals surface area contributed by atoms with Crippen LogP contribution < -0.4 is 15.0 Å². The molecule has 0 spiro atoms. The number of aromatic nitrogens is 3. The van der Waals surface area contributed by atoms with Crippen molar-refractivity contribution in [3.63, 3.8) is 0 Å². The maximum Gasteiger partial charge on any atom is 0.250 e. The lowest BCUT2D eigenvalue weighted by Gasteiger charge is -2.13. The molecule has 0 radical (unpaired) electrons. The summed E-state index contributed by atoms with van der Waals surface area (Å²) in [4.78, 5) is 20.5. The molecule has 1 N–H and O–H groups in total. The van der Waals surface area contributed by atoms with Crippen molar-refractivity contribution in [2.45, 2.75) is 26.7 Å². The van der Waals surface area contributed by atoms with Crippen LogP contribution in [0.5, 0.6) is 11.6 Å². The summed E-state index contributed by atoms with van der Waals surface area (Å²) in [6.07, 6.45) is 2.84. The molecule has 8 nitrogen and oxygen atoms in total. The molecule has 0 aliphatic heterocycles. The van der Waals surface area contributed by atoms with Gasteiger partial charge in [0, 0.05) is 30.9 Å². The van der Waals surface area contributed by atoms with Gasteiger partial charge in [0.2, 0.25) is 21.5 Å². The number of unbranched alkanes of at least 4 members (excludes halogenated alkanes) is 1. The second-order valence-electron chi connectivity index (χ2n) is 7.04. The van der Waals surface area contributed by atoms with Gasteiger partial charge in [-0.3, -0.25) is 9.52 Å². The van der Waals surface area contributed by atoms with Gasteiger partial charge in [-0.1, -0.05) is 37.1 Å². The number of pyridine rings is 1. The van der Waals surface area contributed by atoms with Crippen LogP contribution in [0.4, 0.5) is 5.82 Å². The first-order valence-corrected chi connectivity index (χ1v) is 11.7. The standard InChI is InChI=1S/C21H23ClN4O4S/c1-4-5-11-31(28,29)25-17-12-18(30-20-14(2)7-6-8-16(20)22)24-21(23-17)15-9-10-19(27)26(3)13-15/h6-10,12-13H,4-5,11H2,1-3H3,(H,23,24,25). The Morgan fingerprint density at radius 3 is 2.65 bits per heavy atom. The molecular formula is C21H23ClN4O4S. The highest BCUT2D eigenvalue weighted by Gasteiger charge is 2.16. The monoisotopic (exact) mass is 462 g/mol. The Kier molecular flexibility index (Phi) is 6.97. The zero-order valence-electron chi connectivity index (χ0n) is 17.4. The van der Waals surface area contributed by atoms with Gasteiger partial charge in [-0.05, 0) is 31.0 Å². The number of para-hydroxylation sites is 1. The minimum absolute atomic E-state index is 0.0253. The fraction of sp³-hybridized carbons (Fsp3) is 0.286. The van der Waals surface area contributed by atoms with Crippen LogP contribution >= 0.6 is 11.6 Å². The number of rotatable bonds is 8. The molecule has 31 heavy (non-hydrogen) atoms. The second kappa shape index (κ2) is 9.49. The normalized spacial score (nSPS) is 11.4. The van der Waals surface area contributed by atoms with E-state index in [0.29, 0.717) is 22.8 Å². The average Bonchev–Trinajstić information content (AvgIpc) is 2.71. The van der Waals surface area contributed by atoms with Gasteiger partial charge in [0.25, 0.3) is 0 Å². The zero-order chi connectivity index (χ0) is 22.6. The van der Waals surface area contributed by atoms with Crippen LogP contribution in [0, 0.1) is 6.92 Å². The number of sulfonamides is 1. The summed E-state index contributed by atoms with van der Waals surface area (Å²) in [6, 6.07) is 9.68. The van der Waals surface area contributed by atoms with Crippen LogP contribution in [0.15, 0.2) is 47.4 Å². The molecule has 0 saturated heterocycles. The third-order valence-corrected chi connectivity index (χ3v) is 6.09. The predicted molar refractivity (Wildman–Crippen MR) is 121 cm³/mol. The first kappa shape index (κ1) is 22.8.